The number of aryl methyl sites for hydroxylation is 3. The molecule has 4 nitrogen and oxygen atoms in total. The molecule has 0 aliphatic rings. The zero-order valence-electron chi connectivity index (χ0n) is 15.8. The Morgan fingerprint density at radius 2 is 1.57 bits per heavy atom. The third-order valence-electron chi connectivity index (χ3n) is 4.18. The molecule has 0 aliphatic heterocycles. The SMILES string of the molecule is Cc1ccc(S(=O)(=O)Oc2ccc(Br)cc2C=Nc2ccc(C)cc2C)cc1. The first kappa shape index (κ1) is 20.3. The number of hydrogen-bond acceptors (Lipinski definition) is 4. The minimum atomic E-state index is -3.94. The van der Waals surface area contributed by atoms with Crippen LogP contribution in [0.25, 0.3) is 0 Å². The van der Waals surface area contributed by atoms with Crippen LogP contribution in [0.1, 0.15) is 22.3 Å². The smallest absolute Gasteiger partial charge is 0.339 e. The van der Waals surface area contributed by atoms with Gasteiger partial charge in [0.25, 0.3) is 0 Å². The van der Waals surface area contributed by atoms with E-state index in [1.54, 1.807) is 36.5 Å². The molecule has 6 heteroatoms. The van der Waals surface area contributed by atoms with Gasteiger partial charge in [0.2, 0.25) is 0 Å². The van der Waals surface area contributed by atoms with Gasteiger partial charge >= 0.3 is 10.1 Å². The summed E-state index contributed by atoms with van der Waals surface area (Å²) < 4.78 is 31.5. The van der Waals surface area contributed by atoms with Crippen LogP contribution in [0.4, 0.5) is 5.69 Å². The summed E-state index contributed by atoms with van der Waals surface area (Å²) in [6, 6.07) is 17.6. The second kappa shape index (κ2) is 8.29. The highest BCUT2D eigenvalue weighted by atomic mass is 79.9. The molecular formula is C22H20BrNO3S. The van der Waals surface area contributed by atoms with E-state index >= 15 is 0 Å². The molecular weight excluding hydrogens is 438 g/mol. The monoisotopic (exact) mass is 457 g/mol. The van der Waals surface area contributed by atoms with E-state index in [1.807, 2.05) is 39.0 Å². The largest absolute Gasteiger partial charge is 0.378 e. The van der Waals surface area contributed by atoms with E-state index in [9.17, 15) is 8.42 Å². The molecule has 0 bridgehead atoms. The van der Waals surface area contributed by atoms with Crippen molar-refractivity contribution in [2.24, 2.45) is 4.99 Å². The van der Waals surface area contributed by atoms with Gasteiger partial charge in [-0.05, 0) is 62.7 Å². The molecule has 0 spiro atoms. The Bertz CT molecular complexity index is 1140. The molecule has 3 rings (SSSR count). The van der Waals surface area contributed by atoms with E-state index in [4.69, 9.17) is 4.18 Å². The normalized spacial score (nSPS) is 11.7. The van der Waals surface area contributed by atoms with E-state index in [-0.39, 0.29) is 10.6 Å². The second-order valence-corrected chi connectivity index (χ2v) is 9.04. The Balaban J connectivity index is 1.94. The average Bonchev–Trinajstić information content (AvgIpc) is 2.63. The zero-order chi connectivity index (χ0) is 20.3. The van der Waals surface area contributed by atoms with Crippen LogP contribution in [0.5, 0.6) is 5.75 Å². The summed E-state index contributed by atoms with van der Waals surface area (Å²) in [4.78, 5) is 4.62. The van der Waals surface area contributed by atoms with Crippen molar-refractivity contribution in [1.29, 1.82) is 0 Å². The van der Waals surface area contributed by atoms with Crippen molar-refractivity contribution >= 4 is 38.0 Å². The van der Waals surface area contributed by atoms with Crippen LogP contribution < -0.4 is 4.18 Å². The fourth-order valence-electron chi connectivity index (χ4n) is 2.66. The van der Waals surface area contributed by atoms with Crippen LogP contribution in [-0.4, -0.2) is 14.6 Å². The van der Waals surface area contributed by atoms with Crippen molar-refractivity contribution in [2.75, 3.05) is 0 Å². The molecule has 0 N–H and O–H groups in total. The predicted molar refractivity (Wildman–Crippen MR) is 116 cm³/mol. The third-order valence-corrected chi connectivity index (χ3v) is 5.92. The van der Waals surface area contributed by atoms with Gasteiger partial charge in [0.15, 0.2) is 5.75 Å². The lowest BCUT2D eigenvalue weighted by Crippen LogP contribution is -2.11. The molecule has 0 aromatic heterocycles. The van der Waals surface area contributed by atoms with Gasteiger partial charge in [-0.3, -0.25) is 4.99 Å². The van der Waals surface area contributed by atoms with Gasteiger partial charge in [0.1, 0.15) is 4.90 Å². The Hall–Kier alpha value is -2.44. The Morgan fingerprint density at radius 1 is 0.893 bits per heavy atom. The molecule has 0 saturated heterocycles. The minimum Gasteiger partial charge on any atom is -0.378 e. The maximum atomic E-state index is 12.6. The van der Waals surface area contributed by atoms with Crippen molar-refractivity contribution < 1.29 is 12.6 Å². The summed E-state index contributed by atoms with van der Waals surface area (Å²) in [6.07, 6.45) is 1.61. The zero-order valence-corrected chi connectivity index (χ0v) is 18.2. The minimum absolute atomic E-state index is 0.110. The van der Waals surface area contributed by atoms with E-state index in [2.05, 4.69) is 20.9 Å². The Morgan fingerprint density at radius 3 is 2.25 bits per heavy atom. The van der Waals surface area contributed by atoms with Crippen molar-refractivity contribution in [3.63, 3.8) is 0 Å². The highest BCUT2D eigenvalue weighted by Gasteiger charge is 2.18. The van der Waals surface area contributed by atoms with Crippen LogP contribution in [0.3, 0.4) is 0 Å². The van der Waals surface area contributed by atoms with Gasteiger partial charge in [-0.2, -0.15) is 8.42 Å². The van der Waals surface area contributed by atoms with Gasteiger partial charge in [-0.1, -0.05) is 51.3 Å². The maximum Gasteiger partial charge on any atom is 0.339 e. The van der Waals surface area contributed by atoms with Crippen LogP contribution in [0.2, 0.25) is 0 Å². The Labute approximate surface area is 174 Å². The third kappa shape index (κ3) is 4.88. The molecule has 0 amide bonds. The van der Waals surface area contributed by atoms with Crippen molar-refractivity contribution in [1.82, 2.24) is 0 Å². The van der Waals surface area contributed by atoms with E-state index in [0.29, 0.717) is 5.56 Å². The van der Waals surface area contributed by atoms with Crippen LogP contribution in [-0.2, 0) is 10.1 Å². The van der Waals surface area contributed by atoms with Gasteiger partial charge in [0.05, 0.1) is 5.69 Å². The molecule has 0 heterocycles. The lowest BCUT2D eigenvalue weighted by atomic mass is 10.1. The molecule has 28 heavy (non-hydrogen) atoms. The predicted octanol–water partition coefficient (Wildman–Crippen LogP) is 5.89. The van der Waals surface area contributed by atoms with Gasteiger partial charge < -0.3 is 4.18 Å². The number of rotatable bonds is 5. The highest BCUT2D eigenvalue weighted by Crippen LogP contribution is 2.27. The lowest BCUT2D eigenvalue weighted by molar-refractivity contribution is 0.485. The fourth-order valence-corrected chi connectivity index (χ4v) is 3.99. The average molecular weight is 458 g/mol. The van der Waals surface area contributed by atoms with E-state index in [1.165, 1.54) is 12.1 Å². The first-order valence-corrected chi connectivity index (χ1v) is 10.9. The van der Waals surface area contributed by atoms with Crippen LogP contribution in [0, 0.1) is 20.8 Å². The first-order valence-electron chi connectivity index (χ1n) is 8.67. The molecule has 3 aromatic carbocycles. The Kier molecular flexibility index (Phi) is 6.01. The molecule has 3 aromatic rings. The molecule has 0 unspecified atom stereocenters. The number of aliphatic imine (C=N–C) groups is 1. The molecule has 0 radical (unpaired) electrons. The molecule has 144 valence electrons. The van der Waals surface area contributed by atoms with Crippen molar-refractivity contribution in [3.8, 4) is 5.75 Å². The first-order chi connectivity index (χ1) is 13.2. The summed E-state index contributed by atoms with van der Waals surface area (Å²) in [7, 11) is -3.94. The molecule has 0 saturated carbocycles. The number of halogens is 1. The molecule has 0 aliphatic carbocycles. The van der Waals surface area contributed by atoms with Gasteiger partial charge in [-0.15, -0.1) is 0 Å². The summed E-state index contributed by atoms with van der Waals surface area (Å²) >= 11 is 3.41. The highest BCUT2D eigenvalue weighted by molar-refractivity contribution is 9.10. The summed E-state index contributed by atoms with van der Waals surface area (Å²) in [5, 5.41) is 0. The lowest BCUT2D eigenvalue weighted by Gasteiger charge is -2.10. The van der Waals surface area contributed by atoms with Gasteiger partial charge in [-0.25, -0.2) is 0 Å². The standard InChI is InChI=1S/C22H20BrNO3S/c1-15-4-8-20(9-5-15)28(25,26)27-22-11-7-19(23)13-18(22)14-24-21-10-6-16(2)12-17(21)3/h4-14H,1-3H3. The quantitative estimate of drug-likeness (QED) is 0.354. The molecule has 0 fully saturated rings. The van der Waals surface area contributed by atoms with Crippen molar-refractivity contribution in [3.05, 3.63) is 87.4 Å². The summed E-state index contributed by atoms with van der Waals surface area (Å²) in [6.45, 7) is 5.91. The second-order valence-electron chi connectivity index (χ2n) is 6.58. The number of hydrogen-bond donors (Lipinski definition) is 0. The van der Waals surface area contributed by atoms with Gasteiger partial charge in [0, 0.05) is 16.3 Å². The van der Waals surface area contributed by atoms with E-state index in [0.717, 1.165) is 26.9 Å². The maximum absolute atomic E-state index is 12.6. The summed E-state index contributed by atoms with van der Waals surface area (Å²) in [5.41, 5.74) is 4.56. The summed E-state index contributed by atoms with van der Waals surface area (Å²) in [5.74, 6) is 0.220. The van der Waals surface area contributed by atoms with Crippen LogP contribution >= 0.6 is 15.9 Å². The topological polar surface area (TPSA) is 55.7 Å². The number of nitrogens with zero attached hydrogens (tertiary/aromatic N) is 1. The molecule has 0 atom stereocenters. The van der Waals surface area contributed by atoms with Crippen molar-refractivity contribution in [2.45, 2.75) is 25.7 Å². The number of benzene rings is 3. The van der Waals surface area contributed by atoms with Crippen LogP contribution in [0.15, 0.2) is 75.0 Å². The fraction of sp³-hybridized carbons (Fsp3) is 0.136. The van der Waals surface area contributed by atoms with E-state index < -0.39 is 10.1 Å².